The van der Waals surface area contributed by atoms with E-state index in [-0.39, 0.29) is 0 Å². The van der Waals surface area contributed by atoms with Crippen molar-refractivity contribution in [1.29, 1.82) is 0 Å². The molecule has 4 heteroatoms. The lowest BCUT2D eigenvalue weighted by molar-refractivity contribution is 0.402. The molecule has 0 spiro atoms. The van der Waals surface area contributed by atoms with E-state index < -0.39 is 0 Å². The molecule has 1 saturated carbocycles. The summed E-state index contributed by atoms with van der Waals surface area (Å²) in [4.78, 5) is 11.9. The van der Waals surface area contributed by atoms with Gasteiger partial charge in [0.1, 0.15) is 5.82 Å². The van der Waals surface area contributed by atoms with Gasteiger partial charge in [0.05, 0.1) is 0 Å². The van der Waals surface area contributed by atoms with Crippen LogP contribution in [-0.4, -0.2) is 29.1 Å². The highest BCUT2D eigenvalue weighted by Crippen LogP contribution is 2.26. The second-order valence-electron chi connectivity index (χ2n) is 7.94. The minimum Gasteiger partial charge on any atom is -0.356 e. The number of hydrogen-bond donors (Lipinski definition) is 1. The smallest absolute Gasteiger partial charge is 0.225 e. The largest absolute Gasteiger partial charge is 0.356 e. The molecule has 1 aliphatic carbocycles. The molecular formula is C22H30N4. The Hall–Kier alpha value is -2.10. The zero-order valence-corrected chi connectivity index (χ0v) is 15.8. The second kappa shape index (κ2) is 8.07. The fraction of sp³-hybridized carbons (Fsp3) is 0.545. The van der Waals surface area contributed by atoms with Crippen molar-refractivity contribution in [2.75, 3.05) is 23.3 Å². The maximum atomic E-state index is 4.83. The minimum absolute atomic E-state index is 0.557. The van der Waals surface area contributed by atoms with E-state index in [1.54, 1.807) is 0 Å². The first-order valence-corrected chi connectivity index (χ1v) is 10.2. The molecule has 4 nitrogen and oxygen atoms in total. The molecule has 4 rings (SSSR count). The molecule has 26 heavy (non-hydrogen) atoms. The molecule has 2 aromatic rings. The van der Waals surface area contributed by atoms with Gasteiger partial charge in [0, 0.05) is 30.9 Å². The number of aryl methyl sites for hydroxylation is 1. The molecule has 2 aliphatic rings. The summed E-state index contributed by atoms with van der Waals surface area (Å²) in [6.07, 6.45) is 8.82. The number of rotatable bonds is 5. The maximum absolute atomic E-state index is 4.83. The highest BCUT2D eigenvalue weighted by molar-refractivity contribution is 5.45. The first-order chi connectivity index (χ1) is 12.8. The fourth-order valence-corrected chi connectivity index (χ4v) is 4.34. The van der Waals surface area contributed by atoms with Crippen molar-refractivity contribution in [3.8, 4) is 0 Å². The highest BCUT2D eigenvalue weighted by atomic mass is 15.2. The lowest BCUT2D eigenvalue weighted by Gasteiger charge is -2.33. The standard InChI is InChI=1S/C22H30N4/c1-17-15-21(25-22(23-17)24-20-9-5-6-10-20)26-13-11-19(12-14-26)16-18-7-3-2-4-8-18/h2-4,7-8,15,19-20H,5-6,9-14,16H2,1H3,(H,23,24,25). The molecule has 0 amide bonds. The predicted octanol–water partition coefficient (Wildman–Crippen LogP) is 4.60. The zero-order valence-electron chi connectivity index (χ0n) is 15.8. The van der Waals surface area contributed by atoms with Crippen LogP contribution in [0, 0.1) is 12.8 Å². The summed E-state index contributed by atoms with van der Waals surface area (Å²) in [6.45, 7) is 4.26. The molecule has 138 valence electrons. The number of hydrogen-bond acceptors (Lipinski definition) is 4. The molecule has 2 heterocycles. The van der Waals surface area contributed by atoms with Gasteiger partial charge in [0.25, 0.3) is 0 Å². The third-order valence-corrected chi connectivity index (χ3v) is 5.83. The van der Waals surface area contributed by atoms with Gasteiger partial charge in [-0.15, -0.1) is 0 Å². The number of aromatic nitrogens is 2. The van der Waals surface area contributed by atoms with E-state index >= 15 is 0 Å². The van der Waals surface area contributed by atoms with Crippen LogP contribution in [0.15, 0.2) is 36.4 Å². The molecule has 0 radical (unpaired) electrons. The third-order valence-electron chi connectivity index (χ3n) is 5.83. The van der Waals surface area contributed by atoms with Crippen LogP contribution in [0.5, 0.6) is 0 Å². The van der Waals surface area contributed by atoms with Gasteiger partial charge >= 0.3 is 0 Å². The molecule has 1 aromatic heterocycles. The third kappa shape index (κ3) is 4.35. The Morgan fingerprint density at radius 1 is 1.00 bits per heavy atom. The predicted molar refractivity (Wildman–Crippen MR) is 108 cm³/mol. The van der Waals surface area contributed by atoms with E-state index in [0.717, 1.165) is 36.5 Å². The van der Waals surface area contributed by atoms with Crippen LogP contribution < -0.4 is 10.2 Å². The molecule has 2 fully saturated rings. The number of anilines is 2. The number of benzene rings is 1. The maximum Gasteiger partial charge on any atom is 0.225 e. The van der Waals surface area contributed by atoms with Crippen LogP contribution in [-0.2, 0) is 6.42 Å². The summed E-state index contributed by atoms with van der Waals surface area (Å²) in [5.74, 6) is 2.70. The topological polar surface area (TPSA) is 41.1 Å². The normalized spacial score (nSPS) is 19.0. The molecule has 1 saturated heterocycles. The zero-order chi connectivity index (χ0) is 17.8. The van der Waals surface area contributed by atoms with E-state index in [0.29, 0.717) is 6.04 Å². The Morgan fingerprint density at radius 2 is 1.73 bits per heavy atom. The average Bonchev–Trinajstić information content (AvgIpc) is 3.16. The molecular weight excluding hydrogens is 320 g/mol. The average molecular weight is 351 g/mol. The molecule has 0 atom stereocenters. The first-order valence-electron chi connectivity index (χ1n) is 10.2. The van der Waals surface area contributed by atoms with Crippen LogP contribution in [0.2, 0.25) is 0 Å². The number of nitrogens with one attached hydrogen (secondary N) is 1. The lowest BCUT2D eigenvalue weighted by Crippen LogP contribution is -2.35. The molecule has 1 aliphatic heterocycles. The Labute approximate surface area is 157 Å². The van der Waals surface area contributed by atoms with E-state index in [9.17, 15) is 0 Å². The molecule has 0 bridgehead atoms. The summed E-state index contributed by atoms with van der Waals surface area (Å²) >= 11 is 0. The Morgan fingerprint density at radius 3 is 2.46 bits per heavy atom. The van der Waals surface area contributed by atoms with Gasteiger partial charge in [-0.2, -0.15) is 4.98 Å². The van der Waals surface area contributed by atoms with Gasteiger partial charge in [0.15, 0.2) is 0 Å². The monoisotopic (exact) mass is 350 g/mol. The van der Waals surface area contributed by atoms with Crippen molar-refractivity contribution in [2.24, 2.45) is 5.92 Å². The molecule has 1 N–H and O–H groups in total. The van der Waals surface area contributed by atoms with E-state index in [1.807, 2.05) is 0 Å². The summed E-state index contributed by atoms with van der Waals surface area (Å²) in [7, 11) is 0. The number of piperidine rings is 1. The quantitative estimate of drug-likeness (QED) is 0.856. The van der Waals surface area contributed by atoms with E-state index in [1.165, 1.54) is 50.5 Å². The summed E-state index contributed by atoms with van der Waals surface area (Å²) < 4.78 is 0. The van der Waals surface area contributed by atoms with Crippen molar-refractivity contribution in [2.45, 2.75) is 57.9 Å². The van der Waals surface area contributed by atoms with Crippen LogP contribution >= 0.6 is 0 Å². The van der Waals surface area contributed by atoms with Gasteiger partial charge in [-0.25, -0.2) is 4.98 Å². The van der Waals surface area contributed by atoms with Crippen molar-refractivity contribution in [3.05, 3.63) is 47.7 Å². The van der Waals surface area contributed by atoms with Crippen molar-refractivity contribution in [3.63, 3.8) is 0 Å². The van der Waals surface area contributed by atoms with Gasteiger partial charge in [-0.1, -0.05) is 43.2 Å². The van der Waals surface area contributed by atoms with Crippen LogP contribution in [0.4, 0.5) is 11.8 Å². The van der Waals surface area contributed by atoms with Crippen LogP contribution in [0.1, 0.15) is 49.8 Å². The van der Waals surface area contributed by atoms with Crippen molar-refractivity contribution < 1.29 is 0 Å². The Bertz CT molecular complexity index is 701. The van der Waals surface area contributed by atoms with E-state index in [2.05, 4.69) is 58.5 Å². The second-order valence-corrected chi connectivity index (χ2v) is 7.94. The molecule has 1 aromatic carbocycles. The van der Waals surface area contributed by atoms with Gasteiger partial charge < -0.3 is 10.2 Å². The molecule has 0 unspecified atom stereocenters. The van der Waals surface area contributed by atoms with Gasteiger partial charge in [-0.3, -0.25) is 0 Å². The summed E-state index contributed by atoms with van der Waals surface area (Å²) in [5.41, 5.74) is 2.52. The lowest BCUT2D eigenvalue weighted by atomic mass is 9.90. The minimum atomic E-state index is 0.557. The summed E-state index contributed by atoms with van der Waals surface area (Å²) in [6, 6.07) is 13.6. The van der Waals surface area contributed by atoms with E-state index in [4.69, 9.17) is 4.98 Å². The van der Waals surface area contributed by atoms with Gasteiger partial charge in [0.2, 0.25) is 5.95 Å². The SMILES string of the molecule is Cc1cc(N2CCC(Cc3ccccc3)CC2)nc(NC2CCCC2)n1. The van der Waals surface area contributed by atoms with Crippen molar-refractivity contribution >= 4 is 11.8 Å². The first kappa shape index (κ1) is 17.3. The van der Waals surface area contributed by atoms with Gasteiger partial charge in [-0.05, 0) is 50.5 Å². The Balaban J connectivity index is 1.37. The number of nitrogens with zero attached hydrogens (tertiary/aromatic N) is 3. The summed E-state index contributed by atoms with van der Waals surface area (Å²) in [5, 5.41) is 3.55. The highest BCUT2D eigenvalue weighted by Gasteiger charge is 2.22. The fourth-order valence-electron chi connectivity index (χ4n) is 4.34. The van der Waals surface area contributed by atoms with Crippen LogP contribution in [0.3, 0.4) is 0 Å². The Kier molecular flexibility index (Phi) is 5.37. The van der Waals surface area contributed by atoms with Crippen LogP contribution in [0.25, 0.3) is 0 Å². The van der Waals surface area contributed by atoms with Crippen molar-refractivity contribution in [1.82, 2.24) is 9.97 Å².